The largest absolute Gasteiger partial charge is 0.494 e. The number of aromatic nitrogens is 2. The Morgan fingerprint density at radius 1 is 1.29 bits per heavy atom. The smallest absolute Gasteiger partial charge is 0.254 e. The summed E-state index contributed by atoms with van der Waals surface area (Å²) in [6.45, 7) is 4.34. The summed E-state index contributed by atoms with van der Waals surface area (Å²) in [5.41, 5.74) is 2.13. The number of hydrogen-bond acceptors (Lipinski definition) is 3. The summed E-state index contributed by atoms with van der Waals surface area (Å²) < 4.78 is 5.36. The second kappa shape index (κ2) is 4.82. The minimum absolute atomic E-state index is 0.108. The highest BCUT2D eigenvalue weighted by Crippen LogP contribution is 2.21. The number of H-pyrrole nitrogens is 1. The first-order valence-electron chi connectivity index (χ1n) is 5.50. The van der Waals surface area contributed by atoms with Crippen LogP contribution < -0.4 is 10.3 Å². The predicted octanol–water partition coefficient (Wildman–Crippen LogP) is 2.14. The van der Waals surface area contributed by atoms with Gasteiger partial charge >= 0.3 is 0 Å². The topological polar surface area (TPSA) is 55.0 Å². The molecule has 0 aliphatic rings. The van der Waals surface area contributed by atoms with Crippen molar-refractivity contribution in [1.29, 1.82) is 0 Å². The van der Waals surface area contributed by atoms with Crippen LogP contribution in [0.15, 0.2) is 35.4 Å². The molecule has 0 aliphatic carbocycles. The Hall–Kier alpha value is -2.10. The van der Waals surface area contributed by atoms with E-state index in [2.05, 4.69) is 9.97 Å². The van der Waals surface area contributed by atoms with Crippen LogP contribution in [0.1, 0.15) is 12.5 Å². The average Bonchev–Trinajstić information content (AvgIpc) is 2.34. The average molecular weight is 230 g/mol. The molecule has 2 aromatic rings. The summed E-state index contributed by atoms with van der Waals surface area (Å²) in [4.78, 5) is 18.2. The van der Waals surface area contributed by atoms with Crippen LogP contribution in [0.3, 0.4) is 0 Å². The molecule has 1 heterocycles. The Morgan fingerprint density at radius 3 is 2.65 bits per heavy atom. The van der Waals surface area contributed by atoms with Gasteiger partial charge in [0, 0.05) is 11.1 Å². The summed E-state index contributed by atoms with van der Waals surface area (Å²) in [5, 5.41) is 0. The molecule has 1 aromatic carbocycles. The number of nitrogens with one attached hydrogen (secondary N) is 1. The third-order valence-corrected chi connectivity index (χ3v) is 2.52. The molecule has 0 bridgehead atoms. The maximum Gasteiger partial charge on any atom is 0.254 e. The Labute approximate surface area is 99.3 Å². The lowest BCUT2D eigenvalue weighted by Gasteiger charge is -2.06. The van der Waals surface area contributed by atoms with Crippen molar-refractivity contribution in [3.8, 4) is 17.0 Å². The van der Waals surface area contributed by atoms with E-state index in [1.807, 2.05) is 31.2 Å². The van der Waals surface area contributed by atoms with E-state index < -0.39 is 0 Å². The van der Waals surface area contributed by atoms with Crippen LogP contribution in [-0.4, -0.2) is 16.6 Å². The molecule has 1 N–H and O–H groups in total. The van der Waals surface area contributed by atoms with Crippen LogP contribution in [0, 0.1) is 6.92 Å². The van der Waals surface area contributed by atoms with Crippen molar-refractivity contribution in [2.24, 2.45) is 0 Å². The number of aromatic amines is 1. The Bertz CT molecular complexity index is 558. The zero-order chi connectivity index (χ0) is 12.3. The maximum atomic E-state index is 11.5. The Balaban J connectivity index is 2.40. The SMILES string of the molecule is CCOc1ccc(-c2nc[nH]c(=O)c2C)cc1. The van der Waals surface area contributed by atoms with Crippen molar-refractivity contribution in [2.45, 2.75) is 13.8 Å². The molecule has 4 nitrogen and oxygen atoms in total. The number of rotatable bonds is 3. The molecule has 0 fully saturated rings. The Kier molecular flexibility index (Phi) is 3.23. The van der Waals surface area contributed by atoms with Gasteiger partial charge < -0.3 is 9.72 Å². The molecule has 2 rings (SSSR count). The van der Waals surface area contributed by atoms with E-state index >= 15 is 0 Å². The molecule has 4 heteroatoms. The van der Waals surface area contributed by atoms with Crippen LogP contribution in [0.2, 0.25) is 0 Å². The lowest BCUT2D eigenvalue weighted by molar-refractivity contribution is 0.340. The molecular formula is C13H14N2O2. The molecule has 0 radical (unpaired) electrons. The lowest BCUT2D eigenvalue weighted by atomic mass is 10.1. The van der Waals surface area contributed by atoms with Gasteiger partial charge in [-0.1, -0.05) is 0 Å². The van der Waals surface area contributed by atoms with Gasteiger partial charge in [0.15, 0.2) is 0 Å². The van der Waals surface area contributed by atoms with E-state index in [4.69, 9.17) is 4.74 Å². The second-order valence-electron chi connectivity index (χ2n) is 3.66. The molecule has 0 saturated carbocycles. The fourth-order valence-corrected chi connectivity index (χ4v) is 1.63. The van der Waals surface area contributed by atoms with Gasteiger partial charge in [0.05, 0.1) is 18.6 Å². The van der Waals surface area contributed by atoms with Crippen molar-refractivity contribution < 1.29 is 4.74 Å². The number of hydrogen-bond donors (Lipinski definition) is 1. The molecule has 0 aliphatic heterocycles. The van der Waals surface area contributed by atoms with Crippen molar-refractivity contribution >= 4 is 0 Å². The van der Waals surface area contributed by atoms with Crippen molar-refractivity contribution in [2.75, 3.05) is 6.61 Å². The fourth-order valence-electron chi connectivity index (χ4n) is 1.63. The van der Waals surface area contributed by atoms with Gasteiger partial charge in [-0.15, -0.1) is 0 Å². The summed E-state index contributed by atoms with van der Waals surface area (Å²) in [6.07, 6.45) is 1.42. The molecule has 0 spiro atoms. The van der Waals surface area contributed by atoms with Crippen LogP contribution in [0.5, 0.6) is 5.75 Å². The first-order valence-corrected chi connectivity index (χ1v) is 5.50. The van der Waals surface area contributed by atoms with E-state index in [1.54, 1.807) is 6.92 Å². The van der Waals surface area contributed by atoms with Crippen LogP contribution in [0.4, 0.5) is 0 Å². The van der Waals surface area contributed by atoms with Crippen LogP contribution in [-0.2, 0) is 0 Å². The summed E-state index contributed by atoms with van der Waals surface area (Å²) in [7, 11) is 0. The van der Waals surface area contributed by atoms with E-state index in [1.165, 1.54) is 6.33 Å². The highest BCUT2D eigenvalue weighted by atomic mass is 16.5. The number of benzene rings is 1. The van der Waals surface area contributed by atoms with Gasteiger partial charge in [0.2, 0.25) is 0 Å². The standard InChI is InChI=1S/C13H14N2O2/c1-3-17-11-6-4-10(5-7-11)12-9(2)13(16)15-8-14-12/h4-8H,3H2,1-2H3,(H,14,15,16). The first kappa shape index (κ1) is 11.4. The van der Waals surface area contributed by atoms with Crippen molar-refractivity contribution in [1.82, 2.24) is 9.97 Å². The minimum atomic E-state index is -0.108. The highest BCUT2D eigenvalue weighted by Gasteiger charge is 2.06. The van der Waals surface area contributed by atoms with Gasteiger partial charge in [-0.2, -0.15) is 0 Å². The van der Waals surface area contributed by atoms with E-state index in [9.17, 15) is 4.79 Å². The predicted molar refractivity (Wildman–Crippen MR) is 66.2 cm³/mol. The molecule has 88 valence electrons. The maximum absolute atomic E-state index is 11.5. The number of ether oxygens (including phenoxy) is 1. The molecule has 17 heavy (non-hydrogen) atoms. The van der Waals surface area contributed by atoms with Gasteiger partial charge in [0.25, 0.3) is 5.56 Å². The van der Waals surface area contributed by atoms with Gasteiger partial charge in [-0.25, -0.2) is 4.98 Å². The van der Waals surface area contributed by atoms with Gasteiger partial charge in [-0.05, 0) is 38.1 Å². The lowest BCUT2D eigenvalue weighted by Crippen LogP contribution is -2.11. The number of nitrogens with zero attached hydrogens (tertiary/aromatic N) is 1. The third-order valence-electron chi connectivity index (χ3n) is 2.52. The zero-order valence-electron chi connectivity index (χ0n) is 9.86. The summed E-state index contributed by atoms with van der Waals surface area (Å²) in [6, 6.07) is 7.56. The monoisotopic (exact) mass is 230 g/mol. The zero-order valence-corrected chi connectivity index (χ0v) is 9.86. The van der Waals surface area contributed by atoms with Gasteiger partial charge in [-0.3, -0.25) is 4.79 Å². The third kappa shape index (κ3) is 2.36. The normalized spacial score (nSPS) is 10.2. The minimum Gasteiger partial charge on any atom is -0.494 e. The quantitative estimate of drug-likeness (QED) is 0.878. The first-order chi connectivity index (χ1) is 8.22. The van der Waals surface area contributed by atoms with Crippen molar-refractivity contribution in [3.05, 3.63) is 46.5 Å². The summed E-state index contributed by atoms with van der Waals surface area (Å²) in [5.74, 6) is 0.818. The Morgan fingerprint density at radius 2 is 2.00 bits per heavy atom. The molecule has 0 atom stereocenters. The molecule has 0 saturated heterocycles. The van der Waals surface area contributed by atoms with Gasteiger partial charge in [0.1, 0.15) is 5.75 Å². The molecule has 0 amide bonds. The highest BCUT2D eigenvalue weighted by molar-refractivity contribution is 5.62. The fraction of sp³-hybridized carbons (Fsp3) is 0.231. The van der Waals surface area contributed by atoms with Crippen molar-refractivity contribution in [3.63, 3.8) is 0 Å². The van der Waals surface area contributed by atoms with Crippen LogP contribution in [0.25, 0.3) is 11.3 Å². The second-order valence-corrected chi connectivity index (χ2v) is 3.66. The summed E-state index contributed by atoms with van der Waals surface area (Å²) >= 11 is 0. The van der Waals surface area contributed by atoms with Crippen LogP contribution >= 0.6 is 0 Å². The molecule has 0 unspecified atom stereocenters. The van der Waals surface area contributed by atoms with E-state index in [-0.39, 0.29) is 5.56 Å². The molecular weight excluding hydrogens is 216 g/mol. The van der Waals surface area contributed by atoms with E-state index in [0.29, 0.717) is 17.9 Å². The van der Waals surface area contributed by atoms with E-state index in [0.717, 1.165) is 11.3 Å². The molecule has 1 aromatic heterocycles.